The van der Waals surface area contributed by atoms with Crippen LogP contribution in [0.5, 0.6) is 0 Å². The normalized spacial score (nSPS) is 12.5. The Balaban J connectivity index is 2.40. The molecule has 1 atom stereocenters. The fourth-order valence-electron chi connectivity index (χ4n) is 2.46. The van der Waals surface area contributed by atoms with Crippen LogP contribution in [0.2, 0.25) is 0 Å². The molecule has 0 spiro atoms. The van der Waals surface area contributed by atoms with Crippen LogP contribution >= 0.6 is 0 Å². The van der Waals surface area contributed by atoms with Gasteiger partial charge in [0.1, 0.15) is 17.4 Å². The molecule has 3 rings (SSSR count). The van der Waals surface area contributed by atoms with Gasteiger partial charge in [0.15, 0.2) is 0 Å². The summed E-state index contributed by atoms with van der Waals surface area (Å²) in [5.74, 6) is 0.340. The van der Waals surface area contributed by atoms with Crippen LogP contribution in [0.1, 0.15) is 25.2 Å². The van der Waals surface area contributed by atoms with E-state index in [-0.39, 0.29) is 5.43 Å². The topological polar surface area (TPSA) is 50.4 Å². The van der Waals surface area contributed by atoms with Crippen molar-refractivity contribution < 1.29 is 9.52 Å². The summed E-state index contributed by atoms with van der Waals surface area (Å²) in [6.45, 7) is 1.86. The molecular formula is C18H16O3. The van der Waals surface area contributed by atoms with Crippen LogP contribution in [0.4, 0.5) is 0 Å². The third kappa shape index (κ3) is 2.36. The van der Waals surface area contributed by atoms with Gasteiger partial charge in [0.25, 0.3) is 0 Å². The molecule has 0 radical (unpaired) electrons. The lowest BCUT2D eigenvalue weighted by molar-refractivity contribution is 0.147. The summed E-state index contributed by atoms with van der Waals surface area (Å²) in [6.07, 6.45) is -0.307. The van der Waals surface area contributed by atoms with E-state index < -0.39 is 6.10 Å². The van der Waals surface area contributed by atoms with E-state index in [4.69, 9.17) is 4.42 Å². The Morgan fingerprint density at radius 2 is 1.71 bits per heavy atom. The van der Waals surface area contributed by atoms with Crippen molar-refractivity contribution in [3.63, 3.8) is 0 Å². The summed E-state index contributed by atoms with van der Waals surface area (Å²) < 4.78 is 5.83. The van der Waals surface area contributed by atoms with Crippen LogP contribution in [0.3, 0.4) is 0 Å². The van der Waals surface area contributed by atoms with Crippen molar-refractivity contribution >= 4 is 11.0 Å². The molecule has 3 nitrogen and oxygen atoms in total. The Kier molecular flexibility index (Phi) is 3.59. The maximum atomic E-state index is 12.8. The lowest BCUT2D eigenvalue weighted by Crippen LogP contribution is -2.11. The summed E-state index contributed by atoms with van der Waals surface area (Å²) >= 11 is 0. The van der Waals surface area contributed by atoms with Crippen molar-refractivity contribution in [1.82, 2.24) is 0 Å². The number of benzene rings is 2. The predicted octanol–water partition coefficient (Wildman–Crippen LogP) is 3.90. The number of hydrogen-bond donors (Lipinski definition) is 1. The summed E-state index contributed by atoms with van der Waals surface area (Å²) in [4.78, 5) is 12.8. The van der Waals surface area contributed by atoms with Crippen molar-refractivity contribution in [2.45, 2.75) is 19.4 Å². The van der Waals surface area contributed by atoms with Gasteiger partial charge in [-0.2, -0.15) is 0 Å². The first-order valence-electron chi connectivity index (χ1n) is 7.01. The number of aliphatic hydroxyl groups excluding tert-OH is 1. The van der Waals surface area contributed by atoms with Crippen LogP contribution in [-0.2, 0) is 0 Å². The Bertz CT molecular complexity index is 819. The number of rotatable bonds is 3. The number of fused-ring (bicyclic) bond motifs is 1. The van der Waals surface area contributed by atoms with Crippen LogP contribution in [-0.4, -0.2) is 5.11 Å². The molecule has 1 heterocycles. The molecule has 0 aliphatic heterocycles. The molecule has 0 aliphatic rings. The van der Waals surface area contributed by atoms with E-state index in [1.54, 1.807) is 12.1 Å². The van der Waals surface area contributed by atoms with Gasteiger partial charge in [-0.3, -0.25) is 4.79 Å². The van der Waals surface area contributed by atoms with Crippen molar-refractivity contribution in [2.75, 3.05) is 0 Å². The van der Waals surface area contributed by atoms with E-state index in [0.29, 0.717) is 28.7 Å². The first kappa shape index (κ1) is 13.6. The number of aliphatic hydroxyl groups is 1. The van der Waals surface area contributed by atoms with E-state index in [2.05, 4.69) is 0 Å². The van der Waals surface area contributed by atoms with Gasteiger partial charge in [0.2, 0.25) is 5.43 Å². The van der Waals surface area contributed by atoms with Gasteiger partial charge >= 0.3 is 0 Å². The fraction of sp³-hybridized carbons (Fsp3) is 0.167. The number of para-hydroxylation sites is 1. The first-order chi connectivity index (χ1) is 10.2. The van der Waals surface area contributed by atoms with Gasteiger partial charge in [-0.05, 0) is 24.1 Å². The minimum absolute atomic E-state index is 0.106. The molecule has 0 bridgehead atoms. The highest BCUT2D eigenvalue weighted by atomic mass is 16.4. The maximum Gasteiger partial charge on any atom is 0.200 e. The van der Waals surface area contributed by atoms with Gasteiger partial charge in [-0.1, -0.05) is 49.4 Å². The smallest absolute Gasteiger partial charge is 0.200 e. The minimum atomic E-state index is -0.794. The second-order valence-corrected chi connectivity index (χ2v) is 4.96. The third-order valence-corrected chi connectivity index (χ3v) is 3.58. The molecule has 1 N–H and O–H groups in total. The molecule has 0 fully saturated rings. The molecule has 0 saturated heterocycles. The molecule has 0 aliphatic carbocycles. The maximum absolute atomic E-state index is 12.8. The average molecular weight is 280 g/mol. The van der Waals surface area contributed by atoms with E-state index >= 15 is 0 Å². The molecule has 3 aromatic rings. The predicted molar refractivity (Wildman–Crippen MR) is 83.2 cm³/mol. The van der Waals surface area contributed by atoms with Gasteiger partial charge in [-0.15, -0.1) is 0 Å². The minimum Gasteiger partial charge on any atom is -0.457 e. The molecule has 1 unspecified atom stereocenters. The van der Waals surface area contributed by atoms with Crippen molar-refractivity contribution in [2.24, 2.45) is 0 Å². The Hall–Kier alpha value is -2.39. The molecular weight excluding hydrogens is 264 g/mol. The van der Waals surface area contributed by atoms with Gasteiger partial charge in [0.05, 0.1) is 10.9 Å². The lowest BCUT2D eigenvalue weighted by Gasteiger charge is -2.13. The van der Waals surface area contributed by atoms with Crippen molar-refractivity contribution in [3.05, 3.63) is 70.6 Å². The van der Waals surface area contributed by atoms with E-state index in [1.165, 1.54) is 0 Å². The molecule has 106 valence electrons. The van der Waals surface area contributed by atoms with Crippen molar-refractivity contribution in [1.29, 1.82) is 0 Å². The zero-order valence-electron chi connectivity index (χ0n) is 11.7. The molecule has 0 amide bonds. The molecule has 0 saturated carbocycles. The van der Waals surface area contributed by atoms with E-state index in [0.717, 1.165) is 5.56 Å². The standard InChI is InChI=1S/C18H16O3/c1-2-14(19)18-16(12-8-4-3-5-9-12)17(20)13-10-6-7-11-15(13)21-18/h3-11,14,19H,2H2,1H3. The second-order valence-electron chi connectivity index (χ2n) is 4.96. The highest BCUT2D eigenvalue weighted by Gasteiger charge is 2.20. The molecule has 3 heteroatoms. The average Bonchev–Trinajstić information content (AvgIpc) is 2.55. The van der Waals surface area contributed by atoms with Crippen molar-refractivity contribution in [3.8, 4) is 11.1 Å². The summed E-state index contributed by atoms with van der Waals surface area (Å²) in [6, 6.07) is 16.5. The van der Waals surface area contributed by atoms with Gasteiger partial charge in [-0.25, -0.2) is 0 Å². The quantitative estimate of drug-likeness (QED) is 0.791. The molecule has 1 aromatic heterocycles. The van der Waals surface area contributed by atoms with Crippen LogP contribution in [0.25, 0.3) is 22.1 Å². The second kappa shape index (κ2) is 5.54. The van der Waals surface area contributed by atoms with Gasteiger partial charge < -0.3 is 9.52 Å². The first-order valence-corrected chi connectivity index (χ1v) is 7.01. The monoisotopic (exact) mass is 280 g/mol. The molecule has 2 aromatic carbocycles. The highest BCUT2D eigenvalue weighted by Crippen LogP contribution is 2.30. The number of hydrogen-bond acceptors (Lipinski definition) is 3. The molecule has 21 heavy (non-hydrogen) atoms. The Morgan fingerprint density at radius 3 is 2.43 bits per heavy atom. The van der Waals surface area contributed by atoms with Crippen LogP contribution in [0, 0.1) is 0 Å². The van der Waals surface area contributed by atoms with E-state index in [9.17, 15) is 9.90 Å². The summed E-state index contributed by atoms with van der Waals surface area (Å²) in [5.41, 5.74) is 1.61. The Morgan fingerprint density at radius 1 is 1.05 bits per heavy atom. The SMILES string of the molecule is CCC(O)c1oc2ccccc2c(=O)c1-c1ccccc1. The largest absolute Gasteiger partial charge is 0.457 e. The summed E-state index contributed by atoms with van der Waals surface area (Å²) in [5, 5.41) is 10.8. The summed E-state index contributed by atoms with van der Waals surface area (Å²) in [7, 11) is 0. The zero-order valence-corrected chi connectivity index (χ0v) is 11.7. The van der Waals surface area contributed by atoms with E-state index in [1.807, 2.05) is 49.4 Å². The highest BCUT2D eigenvalue weighted by molar-refractivity contribution is 5.82. The fourth-order valence-corrected chi connectivity index (χ4v) is 2.46. The zero-order chi connectivity index (χ0) is 14.8. The van der Waals surface area contributed by atoms with Crippen LogP contribution < -0.4 is 5.43 Å². The Labute approximate surface area is 122 Å². The van der Waals surface area contributed by atoms with Crippen LogP contribution in [0.15, 0.2) is 63.8 Å². The lowest BCUT2D eigenvalue weighted by atomic mass is 9.99. The third-order valence-electron chi connectivity index (χ3n) is 3.58. The van der Waals surface area contributed by atoms with Gasteiger partial charge in [0, 0.05) is 0 Å².